The summed E-state index contributed by atoms with van der Waals surface area (Å²) in [5.41, 5.74) is 4.84. The van der Waals surface area contributed by atoms with Gasteiger partial charge in [-0.05, 0) is 50.7 Å². The predicted molar refractivity (Wildman–Crippen MR) is 121 cm³/mol. The Morgan fingerprint density at radius 1 is 1.07 bits per heavy atom. The number of hydrogen-bond donors (Lipinski definition) is 2. The van der Waals surface area contributed by atoms with Gasteiger partial charge in [0.25, 0.3) is 0 Å². The van der Waals surface area contributed by atoms with E-state index in [-0.39, 0.29) is 0 Å². The average molecular weight is 393 g/mol. The van der Waals surface area contributed by atoms with E-state index in [1.807, 2.05) is 13.1 Å². The Bertz CT molecular complexity index is 957. The van der Waals surface area contributed by atoms with Gasteiger partial charge in [-0.2, -0.15) is 0 Å². The van der Waals surface area contributed by atoms with E-state index in [0.717, 1.165) is 49.9 Å². The van der Waals surface area contributed by atoms with Crippen molar-refractivity contribution in [3.63, 3.8) is 0 Å². The first-order valence-electron chi connectivity index (χ1n) is 10.2. The van der Waals surface area contributed by atoms with E-state index < -0.39 is 0 Å². The van der Waals surface area contributed by atoms with Gasteiger partial charge < -0.3 is 20.1 Å². The van der Waals surface area contributed by atoms with Crippen LogP contribution in [0.5, 0.6) is 0 Å². The van der Waals surface area contributed by atoms with Crippen LogP contribution in [0, 0.1) is 6.92 Å². The number of rotatable bonds is 8. The van der Waals surface area contributed by atoms with Crippen molar-refractivity contribution in [3.05, 3.63) is 65.5 Å². The van der Waals surface area contributed by atoms with Crippen molar-refractivity contribution >= 4 is 17.0 Å². The van der Waals surface area contributed by atoms with E-state index in [9.17, 15) is 0 Å². The molecule has 2 aromatic carbocycles. The summed E-state index contributed by atoms with van der Waals surface area (Å²) in [6.07, 6.45) is 1.00. The number of nitrogens with zero attached hydrogens (tertiary/aromatic N) is 4. The average Bonchev–Trinajstić information content (AvgIpc) is 3.02. The Hall–Kier alpha value is -2.86. The van der Waals surface area contributed by atoms with Crippen LogP contribution in [0.4, 0.5) is 0 Å². The molecule has 1 aromatic heterocycles. The van der Waals surface area contributed by atoms with Crippen molar-refractivity contribution in [2.24, 2.45) is 4.99 Å². The zero-order chi connectivity index (χ0) is 20.6. The van der Waals surface area contributed by atoms with Crippen LogP contribution in [-0.2, 0) is 19.6 Å². The number of imidazole rings is 1. The summed E-state index contributed by atoms with van der Waals surface area (Å²) in [4.78, 5) is 11.2. The molecule has 154 valence electrons. The van der Waals surface area contributed by atoms with Crippen LogP contribution in [-0.4, -0.2) is 48.1 Å². The third-order valence-corrected chi connectivity index (χ3v) is 4.87. The highest BCUT2D eigenvalue weighted by Crippen LogP contribution is 2.15. The van der Waals surface area contributed by atoms with Crippen molar-refractivity contribution < 1.29 is 0 Å². The molecular formula is C23H32N6. The van der Waals surface area contributed by atoms with Crippen molar-refractivity contribution in [1.82, 2.24) is 25.1 Å². The first-order chi connectivity index (χ1) is 14.1. The van der Waals surface area contributed by atoms with Gasteiger partial charge in [-0.1, -0.05) is 36.4 Å². The van der Waals surface area contributed by atoms with Crippen LogP contribution in [0.3, 0.4) is 0 Å². The molecule has 6 heteroatoms. The van der Waals surface area contributed by atoms with E-state index in [4.69, 9.17) is 0 Å². The minimum Gasteiger partial charge on any atom is -0.356 e. The van der Waals surface area contributed by atoms with Crippen molar-refractivity contribution in [1.29, 1.82) is 0 Å². The standard InChI is InChI=1S/C23H32N6/c1-18-27-21-11-5-6-12-22(21)29(18)14-8-13-25-23(24-2)26-16-19-9-7-10-20(15-19)17-28(3)4/h5-7,9-12,15H,8,13-14,16-17H2,1-4H3,(H2,24,25,26). The third kappa shape index (κ3) is 5.81. The molecule has 29 heavy (non-hydrogen) atoms. The number of nitrogens with one attached hydrogen (secondary N) is 2. The van der Waals surface area contributed by atoms with Crippen molar-refractivity contribution in [2.45, 2.75) is 33.0 Å². The molecule has 0 fully saturated rings. The molecule has 0 amide bonds. The highest BCUT2D eigenvalue weighted by atomic mass is 15.2. The minimum absolute atomic E-state index is 0.756. The number of aromatic nitrogens is 2. The molecule has 2 N–H and O–H groups in total. The maximum Gasteiger partial charge on any atom is 0.191 e. The van der Waals surface area contributed by atoms with Gasteiger partial charge in [-0.3, -0.25) is 4.99 Å². The quantitative estimate of drug-likeness (QED) is 0.351. The van der Waals surface area contributed by atoms with Crippen LogP contribution >= 0.6 is 0 Å². The molecule has 1 heterocycles. The molecule has 0 atom stereocenters. The third-order valence-electron chi connectivity index (χ3n) is 4.87. The molecule has 0 saturated heterocycles. The number of para-hydroxylation sites is 2. The smallest absolute Gasteiger partial charge is 0.191 e. The lowest BCUT2D eigenvalue weighted by molar-refractivity contribution is 0.402. The summed E-state index contributed by atoms with van der Waals surface area (Å²) in [5, 5.41) is 6.82. The fraction of sp³-hybridized carbons (Fsp3) is 0.391. The molecule has 0 radical (unpaired) electrons. The topological polar surface area (TPSA) is 57.5 Å². The maximum atomic E-state index is 4.63. The van der Waals surface area contributed by atoms with E-state index in [2.05, 4.69) is 93.6 Å². The second kappa shape index (κ2) is 10.1. The van der Waals surface area contributed by atoms with Crippen LogP contribution in [0.25, 0.3) is 11.0 Å². The maximum absolute atomic E-state index is 4.63. The highest BCUT2D eigenvalue weighted by Gasteiger charge is 2.06. The van der Waals surface area contributed by atoms with E-state index in [1.54, 1.807) is 0 Å². The first kappa shape index (κ1) is 20.9. The van der Waals surface area contributed by atoms with Crippen LogP contribution in [0.2, 0.25) is 0 Å². The fourth-order valence-electron chi connectivity index (χ4n) is 3.53. The van der Waals surface area contributed by atoms with Crippen LogP contribution in [0.1, 0.15) is 23.4 Å². The number of aliphatic imine (C=N–C) groups is 1. The lowest BCUT2D eigenvalue weighted by Gasteiger charge is -2.14. The van der Waals surface area contributed by atoms with Gasteiger partial charge in [0, 0.05) is 33.2 Å². The summed E-state index contributed by atoms with van der Waals surface area (Å²) in [6.45, 7) is 5.56. The number of guanidine groups is 1. The van der Waals surface area contributed by atoms with E-state index >= 15 is 0 Å². The van der Waals surface area contributed by atoms with Gasteiger partial charge in [0.05, 0.1) is 11.0 Å². The Morgan fingerprint density at radius 3 is 2.66 bits per heavy atom. The number of benzene rings is 2. The predicted octanol–water partition coefficient (Wildman–Crippen LogP) is 3.16. The molecule has 0 unspecified atom stereocenters. The van der Waals surface area contributed by atoms with Crippen molar-refractivity contribution in [2.75, 3.05) is 27.7 Å². The Balaban J connectivity index is 1.47. The largest absolute Gasteiger partial charge is 0.356 e. The lowest BCUT2D eigenvalue weighted by atomic mass is 10.1. The molecule has 0 bridgehead atoms. The number of fused-ring (bicyclic) bond motifs is 1. The Kier molecular flexibility index (Phi) is 7.25. The zero-order valence-corrected chi connectivity index (χ0v) is 17.9. The summed E-state index contributed by atoms with van der Waals surface area (Å²) in [6, 6.07) is 17.0. The number of aryl methyl sites for hydroxylation is 2. The fourth-order valence-corrected chi connectivity index (χ4v) is 3.53. The first-order valence-corrected chi connectivity index (χ1v) is 10.2. The molecule has 0 spiro atoms. The molecule has 3 rings (SSSR count). The molecule has 0 saturated carbocycles. The lowest BCUT2D eigenvalue weighted by Crippen LogP contribution is -2.37. The summed E-state index contributed by atoms with van der Waals surface area (Å²) < 4.78 is 2.28. The summed E-state index contributed by atoms with van der Waals surface area (Å²) in [5.74, 6) is 1.89. The van der Waals surface area contributed by atoms with Gasteiger partial charge in [0.2, 0.25) is 0 Å². The van der Waals surface area contributed by atoms with Gasteiger partial charge in [-0.15, -0.1) is 0 Å². The summed E-state index contributed by atoms with van der Waals surface area (Å²) in [7, 11) is 5.99. The van der Waals surface area contributed by atoms with E-state index in [0.29, 0.717) is 0 Å². The van der Waals surface area contributed by atoms with Gasteiger partial charge in [0.1, 0.15) is 5.82 Å². The molecule has 0 aliphatic carbocycles. The second-order valence-corrected chi connectivity index (χ2v) is 7.56. The van der Waals surface area contributed by atoms with Crippen molar-refractivity contribution in [3.8, 4) is 0 Å². The summed E-state index contributed by atoms with van der Waals surface area (Å²) >= 11 is 0. The molecule has 0 aliphatic rings. The molecular weight excluding hydrogens is 360 g/mol. The zero-order valence-electron chi connectivity index (χ0n) is 17.9. The van der Waals surface area contributed by atoms with Gasteiger partial charge >= 0.3 is 0 Å². The monoisotopic (exact) mass is 392 g/mol. The van der Waals surface area contributed by atoms with E-state index in [1.165, 1.54) is 16.6 Å². The Labute approximate surface area is 173 Å². The van der Waals surface area contributed by atoms with Crippen LogP contribution in [0.15, 0.2) is 53.5 Å². The van der Waals surface area contributed by atoms with Gasteiger partial charge in [0.15, 0.2) is 5.96 Å². The second-order valence-electron chi connectivity index (χ2n) is 7.56. The molecule has 3 aromatic rings. The minimum atomic E-state index is 0.756. The molecule has 6 nitrogen and oxygen atoms in total. The number of hydrogen-bond acceptors (Lipinski definition) is 3. The normalized spacial score (nSPS) is 12.0. The highest BCUT2D eigenvalue weighted by molar-refractivity contribution is 5.79. The van der Waals surface area contributed by atoms with Crippen LogP contribution < -0.4 is 10.6 Å². The molecule has 0 aliphatic heterocycles. The van der Waals surface area contributed by atoms with Gasteiger partial charge in [-0.25, -0.2) is 4.98 Å². The SMILES string of the molecule is CN=C(NCCCn1c(C)nc2ccccc21)NCc1cccc(CN(C)C)c1. The Morgan fingerprint density at radius 2 is 1.86 bits per heavy atom.